The van der Waals surface area contributed by atoms with Crippen molar-refractivity contribution in [2.45, 2.75) is 13.0 Å². The molecule has 0 saturated heterocycles. The van der Waals surface area contributed by atoms with E-state index in [2.05, 4.69) is 10.3 Å². The van der Waals surface area contributed by atoms with Crippen LogP contribution < -0.4 is 11.3 Å². The summed E-state index contributed by atoms with van der Waals surface area (Å²) in [6.07, 6.45) is 0.436. The molecule has 0 fully saturated rings. The molecule has 0 aliphatic carbocycles. The average molecular weight is 316 g/mol. The number of rotatable bonds is 4. The summed E-state index contributed by atoms with van der Waals surface area (Å²) in [6, 6.07) is 11.8. The average Bonchev–Trinajstić information content (AvgIpc) is 2.92. The van der Waals surface area contributed by atoms with Gasteiger partial charge in [-0.15, -0.1) is 16.4 Å². The van der Waals surface area contributed by atoms with Crippen LogP contribution in [0.25, 0.3) is 20.7 Å². The molecular formula is C14H12N4OS2. The Morgan fingerprint density at radius 1 is 1.33 bits per heavy atom. The van der Waals surface area contributed by atoms with Gasteiger partial charge in [0, 0.05) is 11.3 Å². The molecule has 0 radical (unpaired) electrons. The first kappa shape index (κ1) is 13.8. The lowest BCUT2D eigenvalue weighted by Crippen LogP contribution is -2.25. The lowest BCUT2D eigenvalue weighted by molar-refractivity contribution is 0.564. The summed E-state index contributed by atoms with van der Waals surface area (Å²) in [6.45, 7) is 0.355. The molecule has 3 rings (SSSR count). The second kappa shape index (κ2) is 5.71. The molecule has 1 aromatic carbocycles. The van der Waals surface area contributed by atoms with Gasteiger partial charge in [0.1, 0.15) is 0 Å². The highest BCUT2D eigenvalue weighted by molar-refractivity contribution is 7.80. The summed E-state index contributed by atoms with van der Waals surface area (Å²) in [4.78, 5) is 14.4. The highest BCUT2D eigenvalue weighted by Gasteiger charge is 2.11. The van der Waals surface area contributed by atoms with Crippen molar-refractivity contribution in [3.05, 3.63) is 46.8 Å². The molecule has 0 spiro atoms. The van der Waals surface area contributed by atoms with Gasteiger partial charge >= 0.3 is 0 Å². The highest BCUT2D eigenvalue weighted by atomic mass is 32.1. The molecule has 2 heterocycles. The highest BCUT2D eigenvalue weighted by Crippen LogP contribution is 2.30. The zero-order chi connectivity index (χ0) is 14.8. The first-order valence-electron chi connectivity index (χ1n) is 6.36. The van der Waals surface area contributed by atoms with Crippen molar-refractivity contribution in [2.24, 2.45) is 5.73 Å². The minimum absolute atomic E-state index is 0.158. The lowest BCUT2D eigenvalue weighted by Gasteiger charge is -2.01. The monoisotopic (exact) mass is 316 g/mol. The zero-order valence-corrected chi connectivity index (χ0v) is 12.7. The number of thiophene rings is 1. The predicted octanol–water partition coefficient (Wildman–Crippen LogP) is 2.20. The maximum absolute atomic E-state index is 12.4. The largest absolute Gasteiger partial charge is 0.393 e. The smallest absolute Gasteiger partial charge is 0.278 e. The Hall–Kier alpha value is -2.12. The summed E-state index contributed by atoms with van der Waals surface area (Å²) >= 11 is 6.28. The molecule has 2 N–H and O–H groups in total. The summed E-state index contributed by atoms with van der Waals surface area (Å²) in [7, 11) is 0. The van der Waals surface area contributed by atoms with Gasteiger partial charge in [-0.25, -0.2) is 4.68 Å². The molecule has 5 nitrogen and oxygen atoms in total. The van der Waals surface area contributed by atoms with E-state index in [4.69, 9.17) is 18.0 Å². The van der Waals surface area contributed by atoms with Gasteiger partial charge in [-0.1, -0.05) is 47.8 Å². The van der Waals surface area contributed by atoms with Crippen LogP contribution >= 0.6 is 23.6 Å². The van der Waals surface area contributed by atoms with Gasteiger partial charge in [-0.2, -0.15) is 0 Å². The second-order valence-electron chi connectivity index (χ2n) is 4.53. The summed E-state index contributed by atoms with van der Waals surface area (Å²) in [5.41, 5.74) is 6.36. The van der Waals surface area contributed by atoms with E-state index in [9.17, 15) is 4.79 Å². The van der Waals surface area contributed by atoms with Gasteiger partial charge in [0.05, 0.1) is 16.9 Å². The van der Waals surface area contributed by atoms with Crippen LogP contribution in [0.15, 0.2) is 41.2 Å². The van der Waals surface area contributed by atoms with E-state index in [0.717, 1.165) is 10.4 Å². The van der Waals surface area contributed by atoms with Crippen molar-refractivity contribution in [1.29, 1.82) is 0 Å². The molecule has 2 aromatic heterocycles. The fourth-order valence-corrected chi connectivity index (χ4v) is 3.05. The Labute approximate surface area is 130 Å². The van der Waals surface area contributed by atoms with E-state index < -0.39 is 0 Å². The Bertz CT molecular complexity index is 854. The third-order valence-electron chi connectivity index (χ3n) is 3.05. The molecular weight excluding hydrogens is 304 g/mol. The fourth-order valence-electron chi connectivity index (χ4n) is 1.99. The van der Waals surface area contributed by atoms with E-state index in [1.54, 1.807) is 0 Å². The lowest BCUT2D eigenvalue weighted by atomic mass is 10.2. The van der Waals surface area contributed by atoms with E-state index in [-0.39, 0.29) is 5.56 Å². The van der Waals surface area contributed by atoms with Crippen molar-refractivity contribution in [1.82, 2.24) is 15.0 Å². The van der Waals surface area contributed by atoms with Crippen molar-refractivity contribution in [3.63, 3.8) is 0 Å². The van der Waals surface area contributed by atoms with Crippen LogP contribution in [0.3, 0.4) is 0 Å². The minimum Gasteiger partial charge on any atom is -0.393 e. The van der Waals surface area contributed by atoms with Crippen molar-refractivity contribution >= 4 is 38.8 Å². The number of benzene rings is 1. The number of nitrogens with zero attached hydrogens (tertiary/aromatic N) is 3. The standard InChI is InChI=1S/C14H12N4OS2/c15-12(20)6-7-18-14(19)10-8-11(21-13(10)16-17-18)9-4-2-1-3-5-9/h1-5,8H,6-7H2,(H2,15,20). The number of fused-ring (bicyclic) bond motifs is 1. The van der Waals surface area contributed by atoms with Crippen LogP contribution in [0.5, 0.6) is 0 Å². The van der Waals surface area contributed by atoms with Crippen LogP contribution in [0, 0.1) is 0 Å². The van der Waals surface area contributed by atoms with E-state index >= 15 is 0 Å². The SMILES string of the molecule is NC(=S)CCn1nnc2sc(-c3ccccc3)cc2c1=O. The molecule has 7 heteroatoms. The molecule has 0 bridgehead atoms. The minimum atomic E-state index is -0.158. The van der Waals surface area contributed by atoms with Gasteiger partial charge in [-0.3, -0.25) is 4.79 Å². The quantitative estimate of drug-likeness (QED) is 0.747. The van der Waals surface area contributed by atoms with Crippen LogP contribution in [0.1, 0.15) is 6.42 Å². The summed E-state index contributed by atoms with van der Waals surface area (Å²) in [5, 5.41) is 8.63. The first-order chi connectivity index (χ1) is 10.1. The van der Waals surface area contributed by atoms with Gasteiger partial charge in [0.15, 0.2) is 4.83 Å². The Balaban J connectivity index is 2.04. The van der Waals surface area contributed by atoms with Crippen molar-refractivity contribution in [2.75, 3.05) is 0 Å². The topological polar surface area (TPSA) is 73.8 Å². The molecule has 0 amide bonds. The zero-order valence-electron chi connectivity index (χ0n) is 11.0. The maximum Gasteiger partial charge on any atom is 0.278 e. The van der Waals surface area contributed by atoms with Crippen LogP contribution in [-0.4, -0.2) is 20.0 Å². The van der Waals surface area contributed by atoms with Gasteiger partial charge in [0.2, 0.25) is 0 Å². The van der Waals surface area contributed by atoms with Crippen molar-refractivity contribution < 1.29 is 0 Å². The molecule has 3 aromatic rings. The normalized spacial score (nSPS) is 10.9. The first-order valence-corrected chi connectivity index (χ1v) is 7.58. The number of aromatic nitrogens is 3. The van der Waals surface area contributed by atoms with E-state index in [1.807, 2.05) is 36.4 Å². The summed E-state index contributed by atoms with van der Waals surface area (Å²) < 4.78 is 1.31. The van der Waals surface area contributed by atoms with Crippen LogP contribution in [0.4, 0.5) is 0 Å². The summed E-state index contributed by atoms with van der Waals surface area (Å²) in [5.74, 6) is 0. The molecule has 106 valence electrons. The number of hydrogen-bond acceptors (Lipinski definition) is 5. The third-order valence-corrected chi connectivity index (χ3v) is 4.32. The van der Waals surface area contributed by atoms with E-state index in [1.165, 1.54) is 16.0 Å². The predicted molar refractivity (Wildman–Crippen MR) is 88.5 cm³/mol. The number of nitrogens with two attached hydrogens (primary N) is 1. The second-order valence-corrected chi connectivity index (χ2v) is 6.08. The molecule has 0 saturated carbocycles. The Kier molecular flexibility index (Phi) is 3.76. The third kappa shape index (κ3) is 2.84. The molecule has 0 unspecified atom stereocenters. The Morgan fingerprint density at radius 2 is 2.10 bits per heavy atom. The van der Waals surface area contributed by atoms with Gasteiger partial charge in [-0.05, 0) is 11.6 Å². The number of hydrogen-bond donors (Lipinski definition) is 1. The molecule has 0 aliphatic rings. The van der Waals surface area contributed by atoms with Gasteiger partial charge < -0.3 is 5.73 Å². The Morgan fingerprint density at radius 3 is 2.81 bits per heavy atom. The van der Waals surface area contributed by atoms with E-state index in [0.29, 0.717) is 28.2 Å². The van der Waals surface area contributed by atoms with Crippen molar-refractivity contribution in [3.8, 4) is 10.4 Å². The maximum atomic E-state index is 12.4. The molecule has 0 atom stereocenters. The van der Waals surface area contributed by atoms with Gasteiger partial charge in [0.25, 0.3) is 5.56 Å². The molecule has 21 heavy (non-hydrogen) atoms. The van der Waals surface area contributed by atoms with Crippen LogP contribution in [0.2, 0.25) is 0 Å². The number of aryl methyl sites for hydroxylation is 1. The molecule has 0 aliphatic heterocycles. The number of thiocarbonyl (C=S) groups is 1. The van der Waals surface area contributed by atoms with Crippen LogP contribution in [-0.2, 0) is 6.54 Å². The fraction of sp³-hybridized carbons (Fsp3) is 0.143.